The van der Waals surface area contributed by atoms with E-state index in [2.05, 4.69) is 19.9 Å². The number of benzene rings is 1. The number of carbonyl (C=O) groups is 2. The second-order valence-corrected chi connectivity index (χ2v) is 12.4. The summed E-state index contributed by atoms with van der Waals surface area (Å²) < 4.78 is 6.00. The van der Waals surface area contributed by atoms with Crippen LogP contribution in [0.5, 0.6) is 0 Å². The van der Waals surface area contributed by atoms with E-state index in [1.165, 1.54) is 5.57 Å². The molecule has 190 valence electrons. The van der Waals surface area contributed by atoms with Gasteiger partial charge in [-0.1, -0.05) is 55.3 Å². The first-order chi connectivity index (χ1) is 16.5. The molecule has 8 atom stereocenters. The van der Waals surface area contributed by atoms with E-state index in [1.54, 1.807) is 19.1 Å². The largest absolute Gasteiger partial charge is 0.479 e. The summed E-state index contributed by atoms with van der Waals surface area (Å²) in [5.74, 6) is -0.302. The number of ether oxygens (including phenoxy) is 1. The summed E-state index contributed by atoms with van der Waals surface area (Å²) in [4.78, 5) is 24.5. The fourth-order valence-electron chi connectivity index (χ4n) is 8.61. The van der Waals surface area contributed by atoms with E-state index in [-0.39, 0.29) is 16.7 Å². The number of ketones is 1. The Hall–Kier alpha value is -1.98. The molecule has 0 amide bonds. The van der Waals surface area contributed by atoms with Crippen LogP contribution in [-0.2, 0) is 14.3 Å². The third-order valence-electron chi connectivity index (χ3n) is 10.6. The summed E-state index contributed by atoms with van der Waals surface area (Å²) in [6.07, 6.45) is 8.08. The summed E-state index contributed by atoms with van der Waals surface area (Å²) in [5, 5.41) is 21.4. The molecular weight excluding hydrogens is 440 g/mol. The Morgan fingerprint density at radius 1 is 1.03 bits per heavy atom. The summed E-state index contributed by atoms with van der Waals surface area (Å²) >= 11 is 0. The fourth-order valence-corrected chi connectivity index (χ4v) is 8.61. The maximum absolute atomic E-state index is 12.4. The molecule has 2 N–H and O–H groups in total. The summed E-state index contributed by atoms with van der Waals surface area (Å²) in [6.45, 7) is 8.44. The van der Waals surface area contributed by atoms with Crippen LogP contribution in [0.15, 0.2) is 35.9 Å². The number of hydrogen-bond acceptors (Lipinski definition) is 4. The average molecular weight is 481 g/mol. The van der Waals surface area contributed by atoms with E-state index >= 15 is 0 Å². The third-order valence-corrected chi connectivity index (χ3v) is 10.6. The Labute approximate surface area is 209 Å². The highest BCUT2D eigenvalue weighted by Gasteiger charge is 2.60. The first-order valence-corrected chi connectivity index (χ1v) is 13.4. The van der Waals surface area contributed by atoms with Crippen LogP contribution in [0.4, 0.5) is 0 Å². The van der Waals surface area contributed by atoms with E-state index in [4.69, 9.17) is 4.74 Å². The normalized spacial score (nSPS) is 41.2. The van der Waals surface area contributed by atoms with E-state index < -0.39 is 17.9 Å². The van der Waals surface area contributed by atoms with Crippen molar-refractivity contribution in [2.75, 3.05) is 0 Å². The number of rotatable bonds is 5. The van der Waals surface area contributed by atoms with E-state index in [1.807, 2.05) is 19.1 Å². The molecular formula is C30H40O5. The van der Waals surface area contributed by atoms with Crippen LogP contribution in [0.3, 0.4) is 0 Å². The van der Waals surface area contributed by atoms with E-state index in [9.17, 15) is 19.8 Å². The zero-order valence-electron chi connectivity index (χ0n) is 21.5. The molecule has 1 aromatic rings. The molecule has 35 heavy (non-hydrogen) atoms. The predicted molar refractivity (Wildman–Crippen MR) is 133 cm³/mol. The van der Waals surface area contributed by atoms with Gasteiger partial charge in [0, 0.05) is 18.8 Å². The lowest BCUT2D eigenvalue weighted by atomic mass is 9.47. The maximum Gasteiger partial charge on any atom is 0.337 e. The lowest BCUT2D eigenvalue weighted by Crippen LogP contribution is -2.53. The molecule has 3 fully saturated rings. The molecule has 5 rings (SSSR count). The van der Waals surface area contributed by atoms with Crippen LogP contribution in [0, 0.1) is 41.4 Å². The Morgan fingerprint density at radius 2 is 1.74 bits per heavy atom. The number of hydrogen-bond donors (Lipinski definition) is 2. The van der Waals surface area contributed by atoms with Crippen molar-refractivity contribution in [3.63, 3.8) is 0 Å². The highest BCUT2D eigenvalue weighted by molar-refractivity contribution is 5.79. The van der Waals surface area contributed by atoms with Gasteiger partial charge >= 0.3 is 5.97 Å². The third kappa shape index (κ3) is 3.99. The summed E-state index contributed by atoms with van der Waals surface area (Å²) in [6, 6.07) is 7.28. The van der Waals surface area contributed by atoms with Crippen LogP contribution < -0.4 is 0 Å². The molecule has 3 saturated carbocycles. The van der Waals surface area contributed by atoms with Crippen molar-refractivity contribution in [2.45, 2.75) is 91.0 Å². The quantitative estimate of drug-likeness (QED) is 0.399. The van der Waals surface area contributed by atoms with Crippen LogP contribution in [-0.4, -0.2) is 27.8 Å². The lowest BCUT2D eigenvalue weighted by molar-refractivity contribution is -0.251. The van der Waals surface area contributed by atoms with Crippen LogP contribution >= 0.6 is 0 Å². The summed E-state index contributed by atoms with van der Waals surface area (Å²) in [5.41, 5.74) is 2.94. The number of aliphatic hydroxyl groups is 1. The van der Waals surface area contributed by atoms with Gasteiger partial charge in [-0.25, -0.2) is 4.79 Å². The molecule has 0 heterocycles. The molecule has 2 unspecified atom stereocenters. The number of fused-ring (bicyclic) bond motifs is 5. The van der Waals surface area contributed by atoms with Gasteiger partial charge in [-0.2, -0.15) is 0 Å². The Balaban J connectivity index is 1.37. The Bertz CT molecular complexity index is 1040. The SMILES string of the molecule is CC(=O)[C@H]1CC[C@H]2[C@@H]3CC=C4CC(O)(OC(C(=O)O)c5ccc(C)cc5)CC[C@]4(C)[C@H]3CC[C@]12C. The van der Waals surface area contributed by atoms with Crippen molar-refractivity contribution >= 4 is 11.8 Å². The van der Waals surface area contributed by atoms with Gasteiger partial charge in [-0.05, 0) is 86.5 Å². The standard InChI is InChI=1S/C30H40O5/c1-18-5-7-20(8-6-18)26(27(32)33)35-30(34)16-15-28(3)21(17-30)9-10-22-24-12-11-23(19(2)31)29(24,4)14-13-25(22)28/h5-9,22-26,34H,10-17H2,1-4H3,(H,32,33)/t22-,23+,24-,25-,26?,28-,29+,30?/m0/s1. The Kier molecular flexibility index (Phi) is 6.04. The molecule has 4 aliphatic rings. The monoisotopic (exact) mass is 480 g/mol. The Morgan fingerprint density at radius 3 is 2.40 bits per heavy atom. The minimum atomic E-state index is -1.48. The van der Waals surface area contributed by atoms with Gasteiger partial charge in [0.25, 0.3) is 0 Å². The topological polar surface area (TPSA) is 83.8 Å². The molecule has 0 aliphatic heterocycles. The highest BCUT2D eigenvalue weighted by atomic mass is 16.6. The van der Waals surface area contributed by atoms with Crippen LogP contribution in [0.1, 0.15) is 89.4 Å². The lowest BCUT2D eigenvalue weighted by Gasteiger charge is -2.58. The van der Waals surface area contributed by atoms with E-state index in [0.29, 0.717) is 41.9 Å². The molecule has 0 radical (unpaired) electrons. The number of aryl methyl sites for hydroxylation is 1. The molecule has 0 bridgehead atoms. The number of aliphatic carboxylic acids is 1. The number of carbonyl (C=O) groups excluding carboxylic acids is 1. The molecule has 4 aliphatic carbocycles. The molecule has 1 aromatic carbocycles. The minimum Gasteiger partial charge on any atom is -0.479 e. The van der Waals surface area contributed by atoms with Gasteiger partial charge in [-0.15, -0.1) is 0 Å². The molecule has 0 aromatic heterocycles. The van der Waals surface area contributed by atoms with Crippen LogP contribution in [0.25, 0.3) is 0 Å². The molecule has 0 spiro atoms. The maximum atomic E-state index is 12.4. The smallest absolute Gasteiger partial charge is 0.337 e. The zero-order chi connectivity index (χ0) is 25.2. The van der Waals surface area contributed by atoms with Gasteiger partial charge in [-0.3, -0.25) is 4.79 Å². The van der Waals surface area contributed by atoms with Gasteiger partial charge < -0.3 is 14.9 Å². The van der Waals surface area contributed by atoms with Crippen molar-refractivity contribution in [1.82, 2.24) is 0 Å². The number of Topliss-reactive ketones (excluding diaryl/α,β-unsaturated/α-hetero) is 1. The van der Waals surface area contributed by atoms with Gasteiger partial charge in [0.05, 0.1) is 0 Å². The van der Waals surface area contributed by atoms with Gasteiger partial charge in [0.15, 0.2) is 11.9 Å². The van der Waals surface area contributed by atoms with Crippen LogP contribution in [0.2, 0.25) is 0 Å². The summed E-state index contributed by atoms with van der Waals surface area (Å²) in [7, 11) is 0. The fraction of sp³-hybridized carbons (Fsp3) is 0.667. The highest BCUT2D eigenvalue weighted by Crippen LogP contribution is 2.67. The molecule has 5 heteroatoms. The van der Waals surface area contributed by atoms with Gasteiger partial charge in [0.2, 0.25) is 0 Å². The number of allylic oxidation sites excluding steroid dienone is 1. The predicted octanol–water partition coefficient (Wildman–Crippen LogP) is 5.99. The first-order valence-electron chi connectivity index (χ1n) is 13.4. The first kappa shape index (κ1) is 24.7. The molecule has 5 nitrogen and oxygen atoms in total. The van der Waals surface area contributed by atoms with Crippen molar-refractivity contribution in [2.24, 2.45) is 34.5 Å². The number of carboxylic acids is 1. The second kappa shape index (κ2) is 8.55. The van der Waals surface area contributed by atoms with E-state index in [0.717, 1.165) is 44.1 Å². The molecule has 0 saturated heterocycles. The van der Waals surface area contributed by atoms with Gasteiger partial charge in [0.1, 0.15) is 5.78 Å². The minimum absolute atomic E-state index is 0.00325. The van der Waals surface area contributed by atoms with Crippen molar-refractivity contribution in [1.29, 1.82) is 0 Å². The van der Waals surface area contributed by atoms with Crippen molar-refractivity contribution in [3.05, 3.63) is 47.0 Å². The van der Waals surface area contributed by atoms with Crippen molar-refractivity contribution in [3.8, 4) is 0 Å². The zero-order valence-corrected chi connectivity index (χ0v) is 21.5. The number of carboxylic acid groups (broad SMARTS) is 1. The van der Waals surface area contributed by atoms with Crippen molar-refractivity contribution < 1.29 is 24.5 Å². The second-order valence-electron chi connectivity index (χ2n) is 12.4. The average Bonchev–Trinajstić information content (AvgIpc) is 3.16.